The first-order valence-corrected chi connectivity index (χ1v) is 39.9. The summed E-state index contributed by atoms with van der Waals surface area (Å²) in [6, 6.07) is 95.2. The number of benzene rings is 16. The standard InChI is InChI=1S/3C25H11BN2O2.C25H14BNO2/c1-27-14-5-2-6-15-21(14)13-11-12-20-24-25(13)28(15)16-7-3-8-17-22(16)26(24)23-18(29-17)9-4-10-19(23)30-20;27-12-13-7-9-16-15(11-13)14-8-10-21-24-25(14)28(16)17-3-1-4-18-22(17)26(24)23-19(29-18)5-2-6-20(23)30-21;27-12-13-7-8-14-15-9-10-21-24-25(15)28(17(14)11-13)16-3-1-4-18-22(16)26(24)23-19(29-18)5-2-6-20(23)30-21;1-13-12-20-24-25-21(13)14-6-2-3-7-15(14)27(25)16-8-4-9-17-22(16)26(24)23-18(28-17)10-5-11-19(23)29-20/h2-12H;2*1-11H;2-12H,1H3. The third-order valence-electron chi connectivity index (χ3n) is 26.8. The second kappa shape index (κ2) is 21.6. The van der Waals surface area contributed by atoms with Gasteiger partial charge < -0.3 is 56.2 Å². The number of para-hydroxylation sites is 1. The highest BCUT2D eigenvalue weighted by Gasteiger charge is 2.52. The Morgan fingerprint density at radius 1 is 0.261 bits per heavy atom. The predicted octanol–water partition coefficient (Wildman–Crippen LogP) is 15.9. The molecule has 0 bridgehead atoms. The number of fused-ring (bicyclic) bond motifs is 16. The molecule has 12 aliphatic rings. The van der Waals surface area contributed by atoms with Crippen LogP contribution in [0.15, 0.2) is 267 Å². The second-order valence-corrected chi connectivity index (χ2v) is 32.3. The van der Waals surface area contributed by atoms with Gasteiger partial charge in [0.05, 0.1) is 68.5 Å². The Kier molecular flexibility index (Phi) is 11.3. The zero-order chi connectivity index (χ0) is 77.5. The maximum Gasteiger partial charge on any atom is 0.266 e. The number of ether oxygens (including phenoxy) is 8. The molecule has 0 amide bonds. The summed E-state index contributed by atoms with van der Waals surface area (Å²) in [7, 11) is 0. The highest BCUT2D eigenvalue weighted by Crippen LogP contribution is 2.51. The van der Waals surface area contributed by atoms with Crippen molar-refractivity contribution in [2.75, 3.05) is 0 Å². The van der Waals surface area contributed by atoms with E-state index < -0.39 is 0 Å². The van der Waals surface area contributed by atoms with E-state index in [0.29, 0.717) is 16.8 Å². The Labute approximate surface area is 676 Å². The van der Waals surface area contributed by atoms with Gasteiger partial charge in [-0.3, -0.25) is 0 Å². The van der Waals surface area contributed by atoms with E-state index >= 15 is 0 Å². The van der Waals surface area contributed by atoms with Gasteiger partial charge in [0.25, 0.3) is 26.9 Å². The van der Waals surface area contributed by atoms with Crippen LogP contribution in [0.4, 0.5) is 5.69 Å². The highest BCUT2D eigenvalue weighted by molar-refractivity contribution is 7.03. The summed E-state index contributed by atoms with van der Waals surface area (Å²) in [6.45, 7) is 10.3. The van der Waals surface area contributed by atoms with Crippen LogP contribution in [0.2, 0.25) is 0 Å². The van der Waals surface area contributed by atoms with Gasteiger partial charge in [-0.15, -0.1) is 0 Å². The fourth-order valence-electron chi connectivity index (χ4n) is 22.5. The minimum atomic E-state index is 0.0665. The monoisotopic (exact) mass is 1520 g/mol. The van der Waals surface area contributed by atoms with Crippen molar-refractivity contribution in [1.29, 1.82) is 10.5 Å². The molecule has 4 aromatic heterocycles. The molecule has 0 spiro atoms. The largest absolute Gasteiger partial charge is 0.458 e. The van der Waals surface area contributed by atoms with Gasteiger partial charge in [0.2, 0.25) is 0 Å². The summed E-state index contributed by atoms with van der Waals surface area (Å²) < 4.78 is 60.2. The van der Waals surface area contributed by atoms with Crippen LogP contribution in [-0.4, -0.2) is 45.1 Å². The number of nitriles is 2. The summed E-state index contributed by atoms with van der Waals surface area (Å²) in [6.07, 6.45) is 0. The summed E-state index contributed by atoms with van der Waals surface area (Å²) in [5.41, 5.74) is 31.0. The lowest BCUT2D eigenvalue weighted by molar-refractivity contribution is 0.463. The number of aromatic nitrogens is 4. The van der Waals surface area contributed by atoms with Crippen LogP contribution < -0.4 is 103 Å². The van der Waals surface area contributed by atoms with E-state index in [4.69, 9.17) is 44.5 Å². The van der Waals surface area contributed by atoms with Crippen LogP contribution in [0.3, 0.4) is 0 Å². The second-order valence-electron chi connectivity index (χ2n) is 32.3. The van der Waals surface area contributed by atoms with Crippen LogP contribution in [0.5, 0.6) is 92.0 Å². The lowest BCUT2D eigenvalue weighted by Gasteiger charge is -2.37. The highest BCUT2D eigenvalue weighted by atomic mass is 16.5. The Morgan fingerprint density at radius 3 is 1.07 bits per heavy atom. The lowest BCUT2D eigenvalue weighted by atomic mass is 9.33. The van der Waals surface area contributed by atoms with Crippen molar-refractivity contribution in [3.63, 3.8) is 0 Å². The molecule has 0 fully saturated rings. The molecule has 32 rings (SSSR count). The average molecular weight is 1520 g/mol. The molecule has 15 nitrogen and oxygen atoms in total. The van der Waals surface area contributed by atoms with E-state index in [1.165, 1.54) is 82.1 Å². The Bertz CT molecular complexity index is 8440. The Morgan fingerprint density at radius 2 is 0.597 bits per heavy atom. The molecule has 19 heteroatoms. The van der Waals surface area contributed by atoms with Crippen LogP contribution in [0.25, 0.3) is 115 Å². The van der Waals surface area contributed by atoms with E-state index in [-0.39, 0.29) is 26.9 Å². The molecule has 0 unspecified atom stereocenters. The van der Waals surface area contributed by atoms with Crippen molar-refractivity contribution in [3.8, 4) is 127 Å². The van der Waals surface area contributed by atoms with Gasteiger partial charge in [-0.2, -0.15) is 10.5 Å². The van der Waals surface area contributed by atoms with Crippen molar-refractivity contribution in [3.05, 3.63) is 295 Å². The third-order valence-corrected chi connectivity index (χ3v) is 26.8. The summed E-state index contributed by atoms with van der Waals surface area (Å²) >= 11 is 0. The first-order valence-electron chi connectivity index (χ1n) is 39.9. The maximum absolute atomic E-state index is 9.49. The fraction of sp³-hybridized carbons (Fsp3) is 0.0100. The molecule has 0 saturated carbocycles. The summed E-state index contributed by atoms with van der Waals surface area (Å²) in [5.74, 6) is 14.2. The zero-order valence-corrected chi connectivity index (χ0v) is 62.6. The first kappa shape index (κ1) is 62.3. The van der Waals surface area contributed by atoms with Crippen LogP contribution in [0, 0.1) is 36.2 Å². The van der Waals surface area contributed by atoms with Crippen LogP contribution >= 0.6 is 0 Å². The van der Waals surface area contributed by atoms with Crippen LogP contribution in [-0.2, 0) is 0 Å². The molecule has 119 heavy (non-hydrogen) atoms. The predicted molar refractivity (Wildman–Crippen MR) is 469 cm³/mol. The molecule has 16 heterocycles. The van der Waals surface area contributed by atoms with Crippen molar-refractivity contribution in [2.24, 2.45) is 0 Å². The molecular formula is C100H47B4N7O8. The van der Waals surface area contributed by atoms with Gasteiger partial charge in [0.1, 0.15) is 92.0 Å². The topological polar surface area (TPSA) is 146 Å². The smallest absolute Gasteiger partial charge is 0.266 e. The number of hydrogen-bond acceptors (Lipinski definition) is 10. The van der Waals surface area contributed by atoms with Crippen molar-refractivity contribution in [2.45, 2.75) is 6.92 Å². The molecule has 0 radical (unpaired) electrons. The van der Waals surface area contributed by atoms with Crippen molar-refractivity contribution in [1.82, 2.24) is 18.3 Å². The molecule has 16 aromatic carbocycles. The normalized spacial score (nSPS) is 13.9. The number of aryl methyl sites for hydroxylation is 1. The number of hydrogen-bond donors (Lipinski definition) is 0. The van der Waals surface area contributed by atoms with Gasteiger partial charge in [-0.1, -0.05) is 84.9 Å². The van der Waals surface area contributed by atoms with E-state index in [1.54, 1.807) is 0 Å². The van der Waals surface area contributed by atoms with Gasteiger partial charge in [-0.25, -0.2) is 4.85 Å². The van der Waals surface area contributed by atoms with E-state index in [2.05, 4.69) is 176 Å². The van der Waals surface area contributed by atoms with E-state index in [1.807, 2.05) is 133 Å². The first-order chi connectivity index (χ1) is 58.8. The number of nitrogens with zero attached hydrogens (tertiary/aromatic N) is 7. The third kappa shape index (κ3) is 7.50. The molecular weight excluding hydrogens is 1470 g/mol. The molecule has 0 saturated heterocycles. The minimum absolute atomic E-state index is 0.0665. The Hall–Kier alpha value is -16.2. The SMILES string of the molecule is Cc1cc2c3c4c1c1ccccc1n4-c1cccc4c1B3c1c(cccc1O2)O4.N#Cc1ccc2c(c1)c1ccc3c4c1n2-c1cccc2c1B4c1c(cccc1O3)O2.N#Cc1ccc2c3ccc4c5c3n(c2c1)-c1cccc2c1B5c1c(cccc1O4)O2.[C-]#[N+]c1cccc2c1c1ccc3c4c1n2-c1cccc2c1B4c1c(cccc1O3)O2. The van der Waals surface area contributed by atoms with Gasteiger partial charge >= 0.3 is 0 Å². The molecule has 12 aliphatic heterocycles. The van der Waals surface area contributed by atoms with Crippen LogP contribution in [0.1, 0.15) is 16.7 Å². The molecule has 542 valence electrons. The maximum atomic E-state index is 9.49. The molecule has 0 atom stereocenters. The summed E-state index contributed by atoms with van der Waals surface area (Å²) in [4.78, 5) is 3.82. The Balaban J connectivity index is 0.0000000807. The zero-order valence-electron chi connectivity index (χ0n) is 62.6. The minimum Gasteiger partial charge on any atom is -0.458 e. The van der Waals surface area contributed by atoms with E-state index in [9.17, 15) is 10.5 Å². The van der Waals surface area contributed by atoms with Gasteiger partial charge in [0.15, 0.2) is 5.69 Å². The van der Waals surface area contributed by atoms with Gasteiger partial charge in [-0.05, 0) is 244 Å². The van der Waals surface area contributed by atoms with Crippen molar-refractivity contribution < 1.29 is 37.9 Å². The fourth-order valence-corrected chi connectivity index (χ4v) is 22.5. The number of rotatable bonds is 0. The quantitative estimate of drug-likeness (QED) is 0.106. The molecule has 0 aliphatic carbocycles. The lowest BCUT2D eigenvalue weighted by Crippen LogP contribution is -2.60. The molecule has 20 aromatic rings. The van der Waals surface area contributed by atoms with E-state index in [0.717, 1.165) is 191 Å². The van der Waals surface area contributed by atoms with Crippen molar-refractivity contribution >= 4 is 185 Å². The molecule has 0 N–H and O–H groups in total. The summed E-state index contributed by atoms with van der Waals surface area (Å²) in [5, 5.41) is 28.2. The van der Waals surface area contributed by atoms with Gasteiger partial charge in [0, 0.05) is 87.8 Å². The average Bonchev–Trinajstić information content (AvgIpc) is 1.61.